The molecule has 0 aliphatic rings. The molecule has 0 unspecified atom stereocenters. The van der Waals surface area contributed by atoms with Crippen LogP contribution in [0.2, 0.25) is 0 Å². The second kappa shape index (κ2) is 5.61. The van der Waals surface area contributed by atoms with Crippen LogP contribution in [-0.2, 0) is 0 Å². The molecular weight excluding hydrogens is 284 g/mol. The van der Waals surface area contributed by atoms with Crippen LogP contribution in [0, 0.1) is 6.92 Å². The van der Waals surface area contributed by atoms with Gasteiger partial charge in [-0.3, -0.25) is 0 Å². The maximum atomic E-state index is 5.73. The van der Waals surface area contributed by atoms with E-state index in [0.717, 1.165) is 34.2 Å². The monoisotopic (exact) mass is 300 g/mol. The second-order valence-electron chi connectivity index (χ2n) is 5.44. The smallest absolute Gasteiger partial charge is 0.154 e. The average Bonchev–Trinajstić information content (AvgIpc) is 3.23. The standard InChI is InChI=1S/C20H16N2O/c1-15-12-13-20(23-15)18-14-19(16-8-4-2-5-9-16)22(21-18)17-10-6-3-7-11-17/h2-14H,1H3. The van der Waals surface area contributed by atoms with Gasteiger partial charge in [0.25, 0.3) is 0 Å². The molecule has 23 heavy (non-hydrogen) atoms. The highest BCUT2D eigenvalue weighted by Gasteiger charge is 2.14. The van der Waals surface area contributed by atoms with Crippen molar-refractivity contribution < 1.29 is 4.42 Å². The van der Waals surface area contributed by atoms with Crippen LogP contribution in [0.4, 0.5) is 0 Å². The Balaban J connectivity index is 1.91. The number of aryl methyl sites for hydroxylation is 1. The van der Waals surface area contributed by atoms with Crippen molar-refractivity contribution in [3.63, 3.8) is 0 Å². The zero-order valence-corrected chi connectivity index (χ0v) is 12.8. The largest absolute Gasteiger partial charge is 0.460 e. The van der Waals surface area contributed by atoms with Crippen molar-refractivity contribution in [1.29, 1.82) is 0 Å². The fourth-order valence-electron chi connectivity index (χ4n) is 2.65. The van der Waals surface area contributed by atoms with E-state index in [-0.39, 0.29) is 0 Å². The Labute approximate surface area is 134 Å². The van der Waals surface area contributed by atoms with E-state index in [0.29, 0.717) is 0 Å². The lowest BCUT2D eigenvalue weighted by Crippen LogP contribution is -1.98. The first kappa shape index (κ1) is 13.6. The van der Waals surface area contributed by atoms with Gasteiger partial charge in [-0.25, -0.2) is 4.68 Å². The van der Waals surface area contributed by atoms with Crippen LogP contribution in [0.3, 0.4) is 0 Å². The van der Waals surface area contributed by atoms with Crippen molar-refractivity contribution >= 4 is 0 Å². The fourth-order valence-corrected chi connectivity index (χ4v) is 2.65. The maximum absolute atomic E-state index is 5.73. The van der Waals surface area contributed by atoms with Gasteiger partial charge >= 0.3 is 0 Å². The van der Waals surface area contributed by atoms with Crippen molar-refractivity contribution in [2.45, 2.75) is 6.92 Å². The summed E-state index contributed by atoms with van der Waals surface area (Å²) in [4.78, 5) is 0. The van der Waals surface area contributed by atoms with Crippen LogP contribution in [0.5, 0.6) is 0 Å². The summed E-state index contributed by atoms with van der Waals surface area (Å²) in [5, 5.41) is 4.76. The lowest BCUT2D eigenvalue weighted by molar-refractivity contribution is 0.545. The minimum atomic E-state index is 0.786. The number of aromatic nitrogens is 2. The Morgan fingerprint density at radius 3 is 2.17 bits per heavy atom. The predicted octanol–water partition coefficient (Wildman–Crippen LogP) is 5.11. The molecule has 3 heteroatoms. The van der Waals surface area contributed by atoms with Crippen LogP contribution in [0.25, 0.3) is 28.4 Å². The molecule has 0 atom stereocenters. The van der Waals surface area contributed by atoms with E-state index in [1.807, 2.05) is 60.1 Å². The number of hydrogen-bond donors (Lipinski definition) is 0. The molecule has 112 valence electrons. The minimum Gasteiger partial charge on any atom is -0.460 e. The Morgan fingerprint density at radius 2 is 1.52 bits per heavy atom. The quantitative estimate of drug-likeness (QED) is 0.526. The summed E-state index contributed by atoms with van der Waals surface area (Å²) in [5.41, 5.74) is 4.03. The molecule has 2 aromatic heterocycles. The summed E-state index contributed by atoms with van der Waals surface area (Å²) in [6.07, 6.45) is 0. The van der Waals surface area contributed by atoms with Gasteiger partial charge in [-0.15, -0.1) is 0 Å². The highest BCUT2D eigenvalue weighted by Crippen LogP contribution is 2.29. The molecule has 0 saturated heterocycles. The molecule has 0 radical (unpaired) electrons. The van der Waals surface area contributed by atoms with Gasteiger partial charge in [-0.05, 0) is 37.3 Å². The lowest BCUT2D eigenvalue weighted by atomic mass is 10.1. The summed E-state index contributed by atoms with van der Waals surface area (Å²) in [6, 6.07) is 26.4. The molecule has 2 heterocycles. The normalized spacial score (nSPS) is 10.8. The molecule has 4 aromatic rings. The van der Waals surface area contributed by atoms with E-state index in [2.05, 4.69) is 30.3 Å². The van der Waals surface area contributed by atoms with E-state index in [1.165, 1.54) is 0 Å². The molecule has 4 rings (SSSR count). The first-order valence-corrected chi connectivity index (χ1v) is 7.59. The summed E-state index contributed by atoms with van der Waals surface area (Å²) in [5.74, 6) is 1.67. The number of rotatable bonds is 3. The lowest BCUT2D eigenvalue weighted by Gasteiger charge is -2.07. The van der Waals surface area contributed by atoms with Crippen LogP contribution < -0.4 is 0 Å². The minimum absolute atomic E-state index is 0.786. The van der Waals surface area contributed by atoms with Crippen molar-refractivity contribution in [1.82, 2.24) is 9.78 Å². The Bertz CT molecular complexity index is 864. The van der Waals surface area contributed by atoms with Gasteiger partial charge in [0, 0.05) is 5.56 Å². The highest BCUT2D eigenvalue weighted by atomic mass is 16.3. The van der Waals surface area contributed by atoms with Crippen molar-refractivity contribution in [3.8, 4) is 28.4 Å². The predicted molar refractivity (Wildman–Crippen MR) is 91.4 cm³/mol. The number of para-hydroxylation sites is 1. The van der Waals surface area contributed by atoms with Gasteiger partial charge in [0.2, 0.25) is 0 Å². The molecule has 0 aliphatic heterocycles. The third-order valence-corrected chi connectivity index (χ3v) is 3.77. The van der Waals surface area contributed by atoms with Gasteiger partial charge in [-0.1, -0.05) is 48.5 Å². The number of hydrogen-bond acceptors (Lipinski definition) is 2. The maximum Gasteiger partial charge on any atom is 0.154 e. The van der Waals surface area contributed by atoms with E-state index in [1.54, 1.807) is 0 Å². The first-order chi connectivity index (χ1) is 11.3. The van der Waals surface area contributed by atoms with Gasteiger partial charge in [0.1, 0.15) is 11.5 Å². The van der Waals surface area contributed by atoms with Gasteiger partial charge in [0.15, 0.2) is 5.76 Å². The first-order valence-electron chi connectivity index (χ1n) is 7.59. The molecular formula is C20H16N2O. The molecule has 2 aromatic carbocycles. The van der Waals surface area contributed by atoms with E-state index >= 15 is 0 Å². The number of benzene rings is 2. The third-order valence-electron chi connectivity index (χ3n) is 3.77. The Morgan fingerprint density at radius 1 is 0.826 bits per heavy atom. The Hall–Kier alpha value is -3.07. The van der Waals surface area contributed by atoms with Crippen LogP contribution in [-0.4, -0.2) is 9.78 Å². The fraction of sp³-hybridized carbons (Fsp3) is 0.0500. The van der Waals surface area contributed by atoms with E-state index < -0.39 is 0 Å². The molecule has 0 amide bonds. The van der Waals surface area contributed by atoms with Gasteiger partial charge < -0.3 is 4.42 Å². The SMILES string of the molecule is Cc1ccc(-c2cc(-c3ccccc3)n(-c3ccccc3)n2)o1. The molecule has 0 N–H and O–H groups in total. The van der Waals surface area contributed by atoms with Crippen LogP contribution in [0.15, 0.2) is 83.3 Å². The number of furan rings is 1. The summed E-state index contributed by atoms with van der Waals surface area (Å²) >= 11 is 0. The van der Waals surface area contributed by atoms with Crippen LogP contribution >= 0.6 is 0 Å². The van der Waals surface area contributed by atoms with Gasteiger partial charge in [0.05, 0.1) is 11.4 Å². The molecule has 0 saturated carbocycles. The zero-order chi connectivity index (χ0) is 15.6. The molecule has 0 bridgehead atoms. The van der Waals surface area contributed by atoms with Crippen molar-refractivity contribution in [2.75, 3.05) is 0 Å². The molecule has 3 nitrogen and oxygen atoms in total. The van der Waals surface area contributed by atoms with E-state index in [4.69, 9.17) is 9.52 Å². The van der Waals surface area contributed by atoms with Crippen molar-refractivity contribution in [3.05, 3.63) is 84.6 Å². The second-order valence-corrected chi connectivity index (χ2v) is 5.44. The van der Waals surface area contributed by atoms with Crippen molar-refractivity contribution in [2.24, 2.45) is 0 Å². The highest BCUT2D eigenvalue weighted by molar-refractivity contribution is 5.68. The average molecular weight is 300 g/mol. The number of nitrogens with zero attached hydrogens (tertiary/aromatic N) is 2. The summed E-state index contributed by atoms with van der Waals surface area (Å²) < 4.78 is 7.69. The zero-order valence-electron chi connectivity index (χ0n) is 12.8. The molecule has 0 aliphatic carbocycles. The Kier molecular flexibility index (Phi) is 3.31. The third kappa shape index (κ3) is 2.57. The summed E-state index contributed by atoms with van der Waals surface area (Å²) in [7, 11) is 0. The molecule has 0 spiro atoms. The van der Waals surface area contributed by atoms with E-state index in [9.17, 15) is 0 Å². The van der Waals surface area contributed by atoms with Gasteiger partial charge in [-0.2, -0.15) is 5.10 Å². The topological polar surface area (TPSA) is 31.0 Å². The summed E-state index contributed by atoms with van der Waals surface area (Å²) in [6.45, 7) is 1.94. The van der Waals surface area contributed by atoms with Crippen LogP contribution in [0.1, 0.15) is 5.76 Å². The molecule has 0 fully saturated rings.